The summed E-state index contributed by atoms with van der Waals surface area (Å²) >= 11 is 0. The van der Waals surface area contributed by atoms with E-state index in [0.29, 0.717) is 24.9 Å². The highest BCUT2D eigenvalue weighted by Gasteiger charge is 2.04. The molecule has 0 aliphatic carbocycles. The third-order valence-corrected chi connectivity index (χ3v) is 2.61. The highest BCUT2D eigenvalue weighted by atomic mass is 16.6. The lowest BCUT2D eigenvalue weighted by molar-refractivity contribution is -0.384. The quantitative estimate of drug-likeness (QED) is 0.345. The van der Waals surface area contributed by atoms with Crippen LogP contribution >= 0.6 is 0 Å². The molecule has 0 saturated carbocycles. The van der Waals surface area contributed by atoms with Crippen LogP contribution in [0.2, 0.25) is 0 Å². The number of non-ortho nitro benzene ring substituents is 1. The summed E-state index contributed by atoms with van der Waals surface area (Å²) in [7, 11) is 0. The fraction of sp³-hybridized carbons (Fsp3) is 0.357. The molecule has 1 aromatic rings. The van der Waals surface area contributed by atoms with E-state index >= 15 is 0 Å². The maximum atomic E-state index is 11.5. The summed E-state index contributed by atoms with van der Waals surface area (Å²) in [6, 6.07) is 6.05. The molecule has 1 rings (SSSR count). The largest absolute Gasteiger partial charge is 0.393 e. The molecule has 2 N–H and O–H groups in total. The number of rotatable bonds is 7. The van der Waals surface area contributed by atoms with Gasteiger partial charge in [0.25, 0.3) is 5.69 Å². The Morgan fingerprint density at radius 2 is 2.30 bits per heavy atom. The number of aliphatic hydroxyl groups excluding tert-OH is 1. The molecule has 1 unspecified atom stereocenters. The van der Waals surface area contributed by atoms with Crippen LogP contribution in [0.15, 0.2) is 30.3 Å². The Hall–Kier alpha value is -2.21. The number of nitro benzene ring substituents is 1. The number of hydrogen-bond donors (Lipinski definition) is 2. The second-order valence-corrected chi connectivity index (χ2v) is 4.47. The summed E-state index contributed by atoms with van der Waals surface area (Å²) in [6.07, 6.45) is 3.83. The number of aliphatic hydroxyl groups is 1. The molecular formula is C14H18N2O4. The minimum absolute atomic E-state index is 0.00973. The van der Waals surface area contributed by atoms with Gasteiger partial charge in [0.1, 0.15) is 0 Å². The van der Waals surface area contributed by atoms with E-state index in [0.717, 1.165) is 0 Å². The topological polar surface area (TPSA) is 92.5 Å². The van der Waals surface area contributed by atoms with Crippen molar-refractivity contribution in [3.05, 3.63) is 46.0 Å². The van der Waals surface area contributed by atoms with Gasteiger partial charge in [-0.05, 0) is 31.4 Å². The number of carbonyl (C=O) groups is 1. The van der Waals surface area contributed by atoms with E-state index in [1.165, 1.54) is 24.3 Å². The minimum atomic E-state index is -0.479. The van der Waals surface area contributed by atoms with E-state index in [-0.39, 0.29) is 17.7 Å². The second kappa shape index (κ2) is 8.06. The number of nitrogens with zero attached hydrogens (tertiary/aromatic N) is 1. The molecule has 108 valence electrons. The summed E-state index contributed by atoms with van der Waals surface area (Å²) < 4.78 is 0. The minimum Gasteiger partial charge on any atom is -0.393 e. The predicted molar refractivity (Wildman–Crippen MR) is 76.1 cm³/mol. The molecule has 0 aliphatic heterocycles. The van der Waals surface area contributed by atoms with Gasteiger partial charge in [0.2, 0.25) is 5.91 Å². The van der Waals surface area contributed by atoms with Crippen LogP contribution in [0.4, 0.5) is 5.69 Å². The van der Waals surface area contributed by atoms with E-state index in [1.54, 1.807) is 19.1 Å². The standard InChI is InChI=1S/C14H18N2O4/c1-11(17)4-3-9-15-14(18)8-7-12-5-2-6-13(10-12)16(19)20/h2,5-8,10-11,17H,3-4,9H2,1H3,(H,15,18)/b8-7+. The third kappa shape index (κ3) is 6.10. The van der Waals surface area contributed by atoms with E-state index in [4.69, 9.17) is 5.11 Å². The molecule has 1 atom stereocenters. The molecule has 0 aromatic heterocycles. The first-order valence-electron chi connectivity index (χ1n) is 6.37. The van der Waals surface area contributed by atoms with Crippen LogP contribution in [0.3, 0.4) is 0 Å². The normalized spacial score (nSPS) is 12.3. The van der Waals surface area contributed by atoms with Crippen LogP contribution in [0.1, 0.15) is 25.3 Å². The number of benzene rings is 1. The number of amides is 1. The van der Waals surface area contributed by atoms with Gasteiger partial charge in [-0.25, -0.2) is 0 Å². The zero-order valence-corrected chi connectivity index (χ0v) is 11.3. The highest BCUT2D eigenvalue weighted by molar-refractivity contribution is 5.91. The molecule has 0 heterocycles. The van der Waals surface area contributed by atoms with Gasteiger partial charge in [0, 0.05) is 24.8 Å². The second-order valence-electron chi connectivity index (χ2n) is 4.47. The van der Waals surface area contributed by atoms with Gasteiger partial charge in [0.15, 0.2) is 0 Å². The van der Waals surface area contributed by atoms with Crippen molar-refractivity contribution >= 4 is 17.7 Å². The Kier molecular flexibility index (Phi) is 6.39. The van der Waals surface area contributed by atoms with Crippen LogP contribution < -0.4 is 5.32 Å². The Bertz CT molecular complexity index is 498. The molecule has 20 heavy (non-hydrogen) atoms. The van der Waals surface area contributed by atoms with Crippen molar-refractivity contribution in [3.8, 4) is 0 Å². The Labute approximate surface area is 117 Å². The van der Waals surface area contributed by atoms with Crippen molar-refractivity contribution in [2.45, 2.75) is 25.9 Å². The van der Waals surface area contributed by atoms with Gasteiger partial charge in [-0.3, -0.25) is 14.9 Å². The molecule has 0 spiro atoms. The summed E-state index contributed by atoms with van der Waals surface area (Å²) in [6.45, 7) is 2.19. The lowest BCUT2D eigenvalue weighted by atomic mass is 10.2. The molecular weight excluding hydrogens is 260 g/mol. The molecule has 0 saturated heterocycles. The van der Waals surface area contributed by atoms with Crippen LogP contribution in [0.25, 0.3) is 6.08 Å². The smallest absolute Gasteiger partial charge is 0.270 e. The maximum Gasteiger partial charge on any atom is 0.270 e. The van der Waals surface area contributed by atoms with Crippen molar-refractivity contribution in [3.63, 3.8) is 0 Å². The first-order valence-corrected chi connectivity index (χ1v) is 6.37. The van der Waals surface area contributed by atoms with Crippen molar-refractivity contribution in [2.24, 2.45) is 0 Å². The Balaban J connectivity index is 2.45. The van der Waals surface area contributed by atoms with Crippen LogP contribution in [-0.2, 0) is 4.79 Å². The lowest BCUT2D eigenvalue weighted by Crippen LogP contribution is -2.22. The Morgan fingerprint density at radius 3 is 2.95 bits per heavy atom. The summed E-state index contributed by atoms with van der Waals surface area (Å²) in [4.78, 5) is 21.6. The first kappa shape index (κ1) is 15.8. The van der Waals surface area contributed by atoms with Crippen molar-refractivity contribution < 1.29 is 14.8 Å². The predicted octanol–water partition coefficient (Wildman–Crippen LogP) is 1.89. The van der Waals surface area contributed by atoms with E-state index in [1.807, 2.05) is 0 Å². The van der Waals surface area contributed by atoms with Gasteiger partial charge >= 0.3 is 0 Å². The van der Waals surface area contributed by atoms with Gasteiger partial charge in [-0.1, -0.05) is 12.1 Å². The molecule has 0 bridgehead atoms. The summed E-state index contributed by atoms with van der Waals surface area (Å²) in [5, 5.41) is 22.3. The van der Waals surface area contributed by atoms with E-state index < -0.39 is 4.92 Å². The van der Waals surface area contributed by atoms with Crippen LogP contribution in [0.5, 0.6) is 0 Å². The molecule has 0 aliphatic rings. The van der Waals surface area contributed by atoms with Gasteiger partial charge < -0.3 is 10.4 Å². The number of carbonyl (C=O) groups excluding carboxylic acids is 1. The van der Waals surface area contributed by atoms with Gasteiger partial charge in [0.05, 0.1) is 11.0 Å². The number of hydrogen-bond acceptors (Lipinski definition) is 4. The van der Waals surface area contributed by atoms with Crippen molar-refractivity contribution in [2.75, 3.05) is 6.54 Å². The maximum absolute atomic E-state index is 11.5. The molecule has 0 radical (unpaired) electrons. The molecule has 0 fully saturated rings. The molecule has 6 heteroatoms. The lowest BCUT2D eigenvalue weighted by Gasteiger charge is -2.04. The monoisotopic (exact) mass is 278 g/mol. The van der Waals surface area contributed by atoms with E-state index in [9.17, 15) is 14.9 Å². The Morgan fingerprint density at radius 1 is 1.55 bits per heavy atom. The number of nitrogens with one attached hydrogen (secondary N) is 1. The third-order valence-electron chi connectivity index (χ3n) is 2.61. The average molecular weight is 278 g/mol. The van der Waals surface area contributed by atoms with Crippen molar-refractivity contribution in [1.29, 1.82) is 0 Å². The fourth-order valence-corrected chi connectivity index (χ4v) is 1.58. The SMILES string of the molecule is CC(O)CCCNC(=O)/C=C/c1cccc([N+](=O)[O-])c1. The zero-order valence-electron chi connectivity index (χ0n) is 11.3. The average Bonchev–Trinajstić information content (AvgIpc) is 2.41. The first-order chi connectivity index (χ1) is 9.49. The molecule has 1 amide bonds. The van der Waals surface area contributed by atoms with Gasteiger partial charge in [-0.15, -0.1) is 0 Å². The highest BCUT2D eigenvalue weighted by Crippen LogP contribution is 2.13. The van der Waals surface area contributed by atoms with Crippen LogP contribution in [0, 0.1) is 10.1 Å². The van der Waals surface area contributed by atoms with Crippen molar-refractivity contribution in [1.82, 2.24) is 5.32 Å². The van der Waals surface area contributed by atoms with E-state index in [2.05, 4.69) is 5.32 Å². The molecule has 1 aromatic carbocycles. The summed E-state index contributed by atoms with van der Waals surface area (Å²) in [5.74, 6) is -0.262. The van der Waals surface area contributed by atoms with Gasteiger partial charge in [-0.2, -0.15) is 0 Å². The molecule has 6 nitrogen and oxygen atoms in total. The van der Waals surface area contributed by atoms with Crippen LogP contribution in [-0.4, -0.2) is 28.6 Å². The fourth-order valence-electron chi connectivity index (χ4n) is 1.58. The summed E-state index contributed by atoms with van der Waals surface area (Å²) in [5.41, 5.74) is 0.586. The zero-order chi connectivity index (χ0) is 15.0. The number of nitro groups is 1.